The van der Waals surface area contributed by atoms with Crippen LogP contribution in [-0.2, 0) is 32.7 Å². The number of esters is 2. The summed E-state index contributed by atoms with van der Waals surface area (Å²) in [4.78, 5) is 37.4. The number of aliphatic hydroxyl groups is 1. The number of rotatable bonds is 38. The molecule has 55 heavy (non-hydrogen) atoms. The molecular weight excluding hydrogens is 717 g/mol. The van der Waals surface area contributed by atoms with E-state index in [4.69, 9.17) is 18.5 Å². The van der Waals surface area contributed by atoms with Crippen LogP contribution in [0.2, 0.25) is 0 Å². The van der Waals surface area contributed by atoms with Crippen molar-refractivity contribution in [3.8, 4) is 0 Å². The van der Waals surface area contributed by atoms with Crippen LogP contribution in [0, 0.1) is 0 Å². The lowest BCUT2D eigenvalue weighted by molar-refractivity contribution is -0.870. The van der Waals surface area contributed by atoms with Gasteiger partial charge in [0, 0.05) is 12.8 Å². The molecule has 10 nitrogen and oxygen atoms in total. The number of allylic oxidation sites excluding steroid dienone is 7. The molecule has 2 unspecified atom stereocenters. The van der Waals surface area contributed by atoms with Crippen molar-refractivity contribution in [1.82, 2.24) is 0 Å². The lowest BCUT2D eigenvalue weighted by atomic mass is 10.0. The van der Waals surface area contributed by atoms with Crippen LogP contribution in [0.15, 0.2) is 48.6 Å². The van der Waals surface area contributed by atoms with E-state index in [1.165, 1.54) is 57.8 Å². The number of unbranched alkanes of at least 4 members (excludes halogenated alkanes) is 13. The van der Waals surface area contributed by atoms with Gasteiger partial charge in [-0.25, -0.2) is 0 Å². The lowest BCUT2D eigenvalue weighted by Crippen LogP contribution is -2.37. The normalized spacial score (nSPS) is 14.7. The number of likely N-dealkylation sites (N-methyl/N-ethyl adjacent to an activating group) is 1. The van der Waals surface area contributed by atoms with E-state index in [0.717, 1.165) is 51.4 Å². The largest absolute Gasteiger partial charge is 0.756 e. The molecule has 0 fully saturated rings. The fraction of sp³-hybridized carbons (Fsp3) is 0.773. The van der Waals surface area contributed by atoms with Gasteiger partial charge >= 0.3 is 11.9 Å². The Morgan fingerprint density at radius 3 is 1.71 bits per heavy atom. The molecule has 0 amide bonds. The number of aliphatic hydroxyl groups excluding tert-OH is 1. The van der Waals surface area contributed by atoms with Crippen molar-refractivity contribution in [2.24, 2.45) is 0 Å². The summed E-state index contributed by atoms with van der Waals surface area (Å²) in [6.45, 7) is 3.94. The first-order chi connectivity index (χ1) is 26.4. The highest BCUT2D eigenvalue weighted by Crippen LogP contribution is 2.38. The van der Waals surface area contributed by atoms with Crippen molar-refractivity contribution in [1.29, 1.82) is 0 Å². The standard InChI is InChI=1S/C44H80NO9P/c1-6-8-9-10-11-12-13-15-20-23-26-29-32-36-44(48)54-42(40-53-55(49,50)52-38-37-45(3,4)5)39-51-43(47)35-31-28-25-22-19-17-14-16-18-21-24-27-30-34-41(46)33-7-2/h14,17-18,21-22,25,27,30,41-42,46H,6-13,15-16,19-20,23-24,26,28-29,31-40H2,1-5H3/b17-14-,21-18-,25-22-,30-27-/t41?,42-/m1/s1. The predicted molar refractivity (Wildman–Crippen MR) is 223 cm³/mol. The number of carbonyl (C=O) groups excluding carboxylic acids is 2. The minimum absolute atomic E-state index is 0.0459. The summed E-state index contributed by atoms with van der Waals surface area (Å²) in [5.74, 6) is -0.921. The van der Waals surface area contributed by atoms with Gasteiger partial charge in [-0.2, -0.15) is 0 Å². The van der Waals surface area contributed by atoms with Gasteiger partial charge in [0.15, 0.2) is 6.10 Å². The highest BCUT2D eigenvalue weighted by Gasteiger charge is 2.21. The third-order valence-electron chi connectivity index (χ3n) is 8.91. The summed E-state index contributed by atoms with van der Waals surface area (Å²) in [6.07, 6.45) is 37.7. The Morgan fingerprint density at radius 1 is 0.655 bits per heavy atom. The topological polar surface area (TPSA) is 131 Å². The number of phosphoric acid groups is 1. The molecule has 0 aliphatic rings. The highest BCUT2D eigenvalue weighted by molar-refractivity contribution is 7.45. The van der Waals surface area contributed by atoms with Crippen LogP contribution in [0.1, 0.15) is 162 Å². The molecule has 0 saturated carbocycles. The van der Waals surface area contributed by atoms with Crippen LogP contribution in [0.5, 0.6) is 0 Å². The highest BCUT2D eigenvalue weighted by atomic mass is 31.2. The molecule has 11 heteroatoms. The number of phosphoric ester groups is 1. The molecule has 0 heterocycles. The van der Waals surface area contributed by atoms with Crippen molar-refractivity contribution in [2.75, 3.05) is 47.5 Å². The lowest BCUT2D eigenvalue weighted by Gasteiger charge is -2.28. The molecule has 0 rings (SSSR count). The van der Waals surface area contributed by atoms with E-state index in [1.807, 2.05) is 33.3 Å². The molecule has 0 bridgehead atoms. The molecular formula is C44H80NO9P. The van der Waals surface area contributed by atoms with Gasteiger partial charge in [-0.05, 0) is 51.4 Å². The van der Waals surface area contributed by atoms with Gasteiger partial charge in [0.25, 0.3) is 7.82 Å². The van der Waals surface area contributed by atoms with Crippen LogP contribution in [0.25, 0.3) is 0 Å². The minimum Gasteiger partial charge on any atom is -0.756 e. The van der Waals surface area contributed by atoms with Crippen molar-refractivity contribution in [3.63, 3.8) is 0 Å². The summed E-state index contributed by atoms with van der Waals surface area (Å²) in [5, 5.41) is 9.73. The number of hydrogen-bond acceptors (Lipinski definition) is 9. The predicted octanol–water partition coefficient (Wildman–Crippen LogP) is 10.2. The molecule has 0 radical (unpaired) electrons. The first-order valence-corrected chi connectivity index (χ1v) is 22.9. The van der Waals surface area contributed by atoms with Crippen molar-refractivity contribution >= 4 is 19.8 Å². The van der Waals surface area contributed by atoms with E-state index >= 15 is 0 Å². The zero-order chi connectivity index (χ0) is 40.9. The average molecular weight is 798 g/mol. The molecule has 0 aromatic rings. The zero-order valence-corrected chi connectivity index (χ0v) is 36.4. The van der Waals surface area contributed by atoms with E-state index in [2.05, 4.69) is 50.3 Å². The number of quaternary nitrogens is 1. The van der Waals surface area contributed by atoms with Crippen molar-refractivity contribution in [2.45, 2.75) is 174 Å². The second kappa shape index (κ2) is 36.3. The number of carbonyl (C=O) groups is 2. The SMILES string of the molecule is CCCCCCCCCCCCCCCC(=O)O[C@H](COC(=O)CCC/C=C\C/C=C\C/C=C\C/C=C\CC(O)CCC)COP(=O)([O-])OCC[N+](C)(C)C. The van der Waals surface area contributed by atoms with Gasteiger partial charge in [0.1, 0.15) is 19.8 Å². The molecule has 0 aromatic heterocycles. The quantitative estimate of drug-likeness (QED) is 0.0213. The summed E-state index contributed by atoms with van der Waals surface area (Å²) in [5.41, 5.74) is 0. The summed E-state index contributed by atoms with van der Waals surface area (Å²) in [6, 6.07) is 0. The minimum atomic E-state index is -4.64. The van der Waals surface area contributed by atoms with Crippen LogP contribution in [-0.4, -0.2) is 81.2 Å². The van der Waals surface area contributed by atoms with Gasteiger partial charge in [0.05, 0.1) is 33.9 Å². The van der Waals surface area contributed by atoms with E-state index in [1.54, 1.807) is 0 Å². The number of nitrogens with zero attached hydrogens (tertiary/aromatic N) is 1. The van der Waals surface area contributed by atoms with Gasteiger partial charge in [-0.3, -0.25) is 14.2 Å². The van der Waals surface area contributed by atoms with E-state index < -0.39 is 32.5 Å². The van der Waals surface area contributed by atoms with Gasteiger partial charge in [-0.1, -0.05) is 146 Å². The monoisotopic (exact) mass is 798 g/mol. The molecule has 0 aliphatic carbocycles. The van der Waals surface area contributed by atoms with Gasteiger partial charge in [-0.15, -0.1) is 0 Å². The van der Waals surface area contributed by atoms with E-state index in [-0.39, 0.29) is 32.2 Å². The van der Waals surface area contributed by atoms with Crippen LogP contribution < -0.4 is 4.89 Å². The van der Waals surface area contributed by atoms with E-state index in [0.29, 0.717) is 36.7 Å². The fourth-order valence-electron chi connectivity index (χ4n) is 5.54. The Labute approximate surface area is 336 Å². The molecule has 1 N–H and O–H groups in total. The summed E-state index contributed by atoms with van der Waals surface area (Å²) < 4.78 is 33.8. The molecule has 0 saturated heterocycles. The number of ether oxygens (including phenoxy) is 2. The average Bonchev–Trinajstić information content (AvgIpc) is 3.12. The first-order valence-electron chi connectivity index (χ1n) is 21.4. The third-order valence-corrected chi connectivity index (χ3v) is 9.87. The van der Waals surface area contributed by atoms with E-state index in [9.17, 15) is 24.2 Å². The molecule has 0 aromatic carbocycles. The molecule has 3 atom stereocenters. The smallest absolute Gasteiger partial charge is 0.306 e. The second-order valence-electron chi connectivity index (χ2n) is 15.5. The Balaban J connectivity index is 4.48. The van der Waals surface area contributed by atoms with Gasteiger partial charge < -0.3 is 33.0 Å². The zero-order valence-electron chi connectivity index (χ0n) is 35.5. The van der Waals surface area contributed by atoms with Crippen LogP contribution in [0.3, 0.4) is 0 Å². The third kappa shape index (κ3) is 39.9. The summed E-state index contributed by atoms with van der Waals surface area (Å²) >= 11 is 0. The Hall–Kier alpha value is -2.07. The molecule has 0 aliphatic heterocycles. The first kappa shape index (κ1) is 52.9. The molecule has 0 spiro atoms. The Morgan fingerprint density at radius 2 is 1.16 bits per heavy atom. The summed E-state index contributed by atoms with van der Waals surface area (Å²) in [7, 11) is 1.11. The second-order valence-corrected chi connectivity index (χ2v) is 17.0. The Bertz CT molecular complexity index is 1100. The van der Waals surface area contributed by atoms with Crippen molar-refractivity contribution in [3.05, 3.63) is 48.6 Å². The maximum atomic E-state index is 12.6. The maximum absolute atomic E-state index is 12.6. The van der Waals surface area contributed by atoms with Crippen molar-refractivity contribution < 1.29 is 47.2 Å². The molecule has 320 valence electrons. The van der Waals surface area contributed by atoms with Crippen LogP contribution in [0.4, 0.5) is 0 Å². The van der Waals surface area contributed by atoms with Gasteiger partial charge in [0.2, 0.25) is 0 Å². The number of hydrogen-bond donors (Lipinski definition) is 1. The fourth-order valence-corrected chi connectivity index (χ4v) is 6.27. The van der Waals surface area contributed by atoms with Crippen LogP contribution >= 0.6 is 7.82 Å². The Kier molecular flexibility index (Phi) is 34.9. The maximum Gasteiger partial charge on any atom is 0.306 e.